The maximum atomic E-state index is 11.2. The highest BCUT2D eigenvalue weighted by atomic mass is 16.5. The second-order valence-corrected chi connectivity index (χ2v) is 7.30. The van der Waals surface area contributed by atoms with E-state index < -0.39 is 5.97 Å². The summed E-state index contributed by atoms with van der Waals surface area (Å²) in [4.78, 5) is 25.1. The van der Waals surface area contributed by atoms with Gasteiger partial charge in [-0.2, -0.15) is 4.98 Å². The summed E-state index contributed by atoms with van der Waals surface area (Å²) in [5, 5.41) is 12.3. The van der Waals surface area contributed by atoms with Gasteiger partial charge in [-0.15, -0.1) is 0 Å². The van der Waals surface area contributed by atoms with E-state index in [-0.39, 0.29) is 5.56 Å². The van der Waals surface area contributed by atoms with Crippen LogP contribution in [0.1, 0.15) is 36.0 Å². The Labute approximate surface area is 164 Å². The molecule has 0 spiro atoms. The quantitative estimate of drug-likeness (QED) is 0.814. The molecule has 28 heavy (non-hydrogen) atoms. The Bertz CT molecular complexity index is 882. The first-order chi connectivity index (χ1) is 13.6. The fourth-order valence-corrected chi connectivity index (χ4v) is 4.01. The predicted octanol–water partition coefficient (Wildman–Crippen LogP) is 3.13. The highest BCUT2D eigenvalue weighted by Gasteiger charge is 2.30. The van der Waals surface area contributed by atoms with Crippen molar-refractivity contribution in [3.8, 4) is 5.75 Å². The van der Waals surface area contributed by atoms with Crippen LogP contribution < -0.4 is 19.9 Å². The highest BCUT2D eigenvalue weighted by molar-refractivity contribution is 5.89. The standard InChI is InChI=1S/C20H25N5O3/c1-24-9-10-25(14-5-3-4-6-14)18-16(24)12-21-20(23-18)22-15-8-7-13(19(26)27)11-17(15)28-2/h7-8,11-12,14H,3-6,9-10H2,1-2H3,(H,26,27)(H,21,22,23). The van der Waals surface area contributed by atoms with Crippen LogP contribution >= 0.6 is 0 Å². The average molecular weight is 383 g/mol. The van der Waals surface area contributed by atoms with Crippen LogP contribution in [0.2, 0.25) is 0 Å². The molecule has 148 valence electrons. The van der Waals surface area contributed by atoms with Crippen LogP contribution in [0, 0.1) is 0 Å². The topological polar surface area (TPSA) is 90.8 Å². The fourth-order valence-electron chi connectivity index (χ4n) is 4.01. The van der Waals surface area contributed by atoms with Gasteiger partial charge in [-0.1, -0.05) is 12.8 Å². The number of likely N-dealkylation sites (N-methyl/N-ethyl adjacent to an activating group) is 1. The molecule has 8 heteroatoms. The number of methoxy groups -OCH3 is 1. The summed E-state index contributed by atoms with van der Waals surface area (Å²) in [6.07, 6.45) is 6.82. The Morgan fingerprint density at radius 1 is 1.29 bits per heavy atom. The van der Waals surface area contributed by atoms with Crippen molar-refractivity contribution in [3.05, 3.63) is 30.0 Å². The summed E-state index contributed by atoms with van der Waals surface area (Å²) in [6, 6.07) is 5.23. The number of aromatic nitrogens is 2. The number of rotatable bonds is 5. The number of fused-ring (bicyclic) bond motifs is 1. The lowest BCUT2D eigenvalue weighted by Crippen LogP contribution is -2.44. The highest BCUT2D eigenvalue weighted by Crippen LogP contribution is 2.37. The molecule has 1 fully saturated rings. The molecule has 1 aromatic carbocycles. The first kappa shape index (κ1) is 18.3. The van der Waals surface area contributed by atoms with Crippen molar-refractivity contribution in [2.45, 2.75) is 31.7 Å². The van der Waals surface area contributed by atoms with E-state index in [0.29, 0.717) is 23.4 Å². The van der Waals surface area contributed by atoms with Gasteiger partial charge in [0, 0.05) is 26.2 Å². The number of carboxylic acids is 1. The second kappa shape index (κ2) is 7.53. The number of ether oxygens (including phenoxy) is 1. The number of anilines is 4. The lowest BCUT2D eigenvalue weighted by molar-refractivity contribution is 0.0696. The number of hydrogen-bond acceptors (Lipinski definition) is 7. The summed E-state index contributed by atoms with van der Waals surface area (Å²) in [5.74, 6) is 0.869. The molecule has 4 rings (SSSR count). The van der Waals surface area contributed by atoms with E-state index in [9.17, 15) is 4.79 Å². The van der Waals surface area contributed by atoms with Gasteiger partial charge in [0.2, 0.25) is 5.95 Å². The first-order valence-electron chi connectivity index (χ1n) is 9.60. The number of carbonyl (C=O) groups is 1. The number of nitrogens with zero attached hydrogens (tertiary/aromatic N) is 4. The molecule has 2 heterocycles. The monoisotopic (exact) mass is 383 g/mol. The van der Waals surface area contributed by atoms with Crippen LogP contribution in [0.3, 0.4) is 0 Å². The normalized spacial score (nSPS) is 16.8. The summed E-state index contributed by atoms with van der Waals surface area (Å²) in [7, 11) is 3.57. The first-order valence-corrected chi connectivity index (χ1v) is 9.60. The molecule has 1 aliphatic carbocycles. The third-order valence-electron chi connectivity index (χ3n) is 5.57. The summed E-state index contributed by atoms with van der Waals surface area (Å²) < 4.78 is 5.34. The third kappa shape index (κ3) is 3.42. The van der Waals surface area contributed by atoms with Gasteiger partial charge in [-0.05, 0) is 31.0 Å². The average Bonchev–Trinajstić information content (AvgIpc) is 3.23. The van der Waals surface area contributed by atoms with Crippen LogP contribution in [0.4, 0.5) is 23.1 Å². The van der Waals surface area contributed by atoms with Crippen LogP contribution in [-0.4, -0.2) is 54.3 Å². The lowest BCUT2D eigenvalue weighted by Gasteiger charge is -2.39. The van der Waals surface area contributed by atoms with E-state index in [1.807, 2.05) is 6.20 Å². The van der Waals surface area contributed by atoms with Crippen LogP contribution in [0.5, 0.6) is 5.75 Å². The van der Waals surface area contributed by atoms with E-state index in [1.54, 1.807) is 6.07 Å². The Morgan fingerprint density at radius 3 is 2.79 bits per heavy atom. The summed E-state index contributed by atoms with van der Waals surface area (Å²) in [5.41, 5.74) is 1.84. The predicted molar refractivity (Wildman–Crippen MR) is 108 cm³/mol. The van der Waals surface area contributed by atoms with Crippen LogP contribution in [0.15, 0.2) is 24.4 Å². The Kier molecular flexibility index (Phi) is 4.93. The summed E-state index contributed by atoms with van der Waals surface area (Å²) in [6.45, 7) is 1.92. The van der Waals surface area contributed by atoms with Gasteiger partial charge >= 0.3 is 5.97 Å². The number of carboxylic acid groups (broad SMARTS) is 1. The van der Waals surface area contributed by atoms with Crippen molar-refractivity contribution in [3.63, 3.8) is 0 Å². The number of hydrogen-bond donors (Lipinski definition) is 2. The van der Waals surface area contributed by atoms with Crippen molar-refractivity contribution in [1.29, 1.82) is 0 Å². The minimum atomic E-state index is -0.995. The molecule has 1 aromatic heterocycles. The fraction of sp³-hybridized carbons (Fsp3) is 0.450. The van der Waals surface area contributed by atoms with Gasteiger partial charge in [-0.3, -0.25) is 0 Å². The maximum Gasteiger partial charge on any atom is 0.335 e. The second-order valence-electron chi connectivity index (χ2n) is 7.30. The van der Waals surface area contributed by atoms with Gasteiger partial charge in [0.25, 0.3) is 0 Å². The van der Waals surface area contributed by atoms with E-state index in [4.69, 9.17) is 14.8 Å². The molecule has 0 bridgehead atoms. The van der Waals surface area contributed by atoms with Gasteiger partial charge < -0.3 is 25.0 Å². The zero-order valence-electron chi connectivity index (χ0n) is 16.2. The number of aromatic carboxylic acids is 1. The van der Waals surface area contributed by atoms with Gasteiger partial charge in [0.15, 0.2) is 5.82 Å². The van der Waals surface area contributed by atoms with E-state index in [1.165, 1.54) is 44.9 Å². The maximum absolute atomic E-state index is 11.2. The third-order valence-corrected chi connectivity index (χ3v) is 5.57. The van der Waals surface area contributed by atoms with Crippen molar-refractivity contribution < 1.29 is 14.6 Å². The molecule has 2 N–H and O–H groups in total. The van der Waals surface area contributed by atoms with E-state index in [2.05, 4.69) is 27.1 Å². The Balaban J connectivity index is 1.65. The molecular formula is C20H25N5O3. The molecule has 0 unspecified atom stereocenters. The number of nitrogens with one attached hydrogen (secondary N) is 1. The van der Waals surface area contributed by atoms with Crippen LogP contribution in [0.25, 0.3) is 0 Å². The molecule has 0 radical (unpaired) electrons. The molecular weight excluding hydrogens is 358 g/mol. The lowest BCUT2D eigenvalue weighted by atomic mass is 10.1. The van der Waals surface area contributed by atoms with Crippen molar-refractivity contribution in [1.82, 2.24) is 9.97 Å². The Morgan fingerprint density at radius 2 is 2.07 bits per heavy atom. The number of benzene rings is 1. The zero-order chi connectivity index (χ0) is 19.7. The van der Waals surface area contributed by atoms with E-state index in [0.717, 1.165) is 24.6 Å². The SMILES string of the molecule is COc1cc(C(=O)O)ccc1Nc1ncc2c(n1)N(C1CCCC1)CCN2C. The van der Waals surface area contributed by atoms with Gasteiger partial charge in [-0.25, -0.2) is 9.78 Å². The molecule has 1 aliphatic heterocycles. The van der Waals surface area contributed by atoms with Crippen molar-refractivity contribution in [2.75, 3.05) is 42.4 Å². The van der Waals surface area contributed by atoms with E-state index >= 15 is 0 Å². The molecule has 2 aromatic rings. The van der Waals surface area contributed by atoms with Gasteiger partial charge in [0.05, 0.1) is 30.2 Å². The Hall–Kier alpha value is -3.03. The molecule has 8 nitrogen and oxygen atoms in total. The van der Waals surface area contributed by atoms with Crippen molar-refractivity contribution >= 4 is 29.1 Å². The smallest absolute Gasteiger partial charge is 0.335 e. The van der Waals surface area contributed by atoms with Crippen LogP contribution in [-0.2, 0) is 0 Å². The molecule has 0 saturated heterocycles. The molecule has 1 saturated carbocycles. The molecule has 0 atom stereocenters. The zero-order valence-corrected chi connectivity index (χ0v) is 16.2. The molecule has 2 aliphatic rings. The minimum Gasteiger partial charge on any atom is -0.495 e. The minimum absolute atomic E-state index is 0.169. The largest absolute Gasteiger partial charge is 0.495 e. The van der Waals surface area contributed by atoms with Crippen molar-refractivity contribution in [2.24, 2.45) is 0 Å². The molecule has 0 amide bonds. The summed E-state index contributed by atoms with van der Waals surface area (Å²) >= 11 is 0. The van der Waals surface area contributed by atoms with Gasteiger partial charge in [0.1, 0.15) is 5.75 Å².